The van der Waals surface area contributed by atoms with E-state index in [1.54, 1.807) is 11.8 Å². The number of rotatable bonds is 4. The molecule has 86 valence electrons. The summed E-state index contributed by atoms with van der Waals surface area (Å²) in [7, 11) is 0. The van der Waals surface area contributed by atoms with Crippen LogP contribution in [0.15, 0.2) is 0 Å². The van der Waals surface area contributed by atoms with E-state index in [-0.39, 0.29) is 17.9 Å². The number of nitrogens with zero attached hydrogens (tertiary/aromatic N) is 1. The summed E-state index contributed by atoms with van der Waals surface area (Å²) in [6.45, 7) is 3.08. The predicted molar refractivity (Wildman–Crippen MR) is 55.0 cm³/mol. The van der Waals surface area contributed by atoms with Gasteiger partial charge < -0.3 is 15.4 Å². The molecule has 1 aliphatic heterocycles. The van der Waals surface area contributed by atoms with Crippen LogP contribution in [0.3, 0.4) is 0 Å². The first-order valence-electron chi connectivity index (χ1n) is 5.36. The Morgan fingerprint density at radius 2 is 2.27 bits per heavy atom. The van der Waals surface area contributed by atoms with Crippen molar-refractivity contribution >= 4 is 11.9 Å². The third-order valence-corrected chi connectivity index (χ3v) is 2.49. The lowest BCUT2D eigenvalue weighted by molar-refractivity contribution is -0.152. The maximum Gasteiger partial charge on any atom is 0.328 e. The summed E-state index contributed by atoms with van der Waals surface area (Å²) in [5.74, 6) is -0.339. The van der Waals surface area contributed by atoms with Crippen molar-refractivity contribution in [2.24, 2.45) is 5.73 Å². The molecule has 0 aliphatic carbocycles. The maximum absolute atomic E-state index is 11.6. The lowest BCUT2D eigenvalue weighted by Gasteiger charge is -2.22. The van der Waals surface area contributed by atoms with Crippen molar-refractivity contribution in [2.75, 3.05) is 19.7 Å². The maximum atomic E-state index is 11.6. The molecule has 1 amide bonds. The largest absolute Gasteiger partial charge is 0.464 e. The zero-order valence-corrected chi connectivity index (χ0v) is 9.07. The van der Waals surface area contributed by atoms with Gasteiger partial charge >= 0.3 is 5.97 Å². The molecule has 0 radical (unpaired) electrons. The van der Waals surface area contributed by atoms with Gasteiger partial charge in [-0.1, -0.05) is 0 Å². The first kappa shape index (κ1) is 12.0. The summed E-state index contributed by atoms with van der Waals surface area (Å²) < 4.78 is 4.92. The summed E-state index contributed by atoms with van der Waals surface area (Å²) in [6.07, 6.45) is 1.87. The number of esters is 1. The Balaban J connectivity index is 2.56. The van der Waals surface area contributed by atoms with E-state index < -0.39 is 0 Å². The molecule has 1 heterocycles. The fourth-order valence-electron chi connectivity index (χ4n) is 1.82. The molecule has 0 aromatic carbocycles. The molecule has 1 fully saturated rings. The SMILES string of the molecule is CCOC(=O)[C@@H]1CCCN1C(=O)CCN. The van der Waals surface area contributed by atoms with Gasteiger partial charge in [0.2, 0.25) is 5.91 Å². The van der Waals surface area contributed by atoms with Crippen LogP contribution in [0.5, 0.6) is 0 Å². The van der Waals surface area contributed by atoms with E-state index in [0.717, 1.165) is 6.42 Å². The Morgan fingerprint density at radius 3 is 2.87 bits per heavy atom. The van der Waals surface area contributed by atoms with Crippen molar-refractivity contribution in [1.29, 1.82) is 0 Å². The molecule has 0 unspecified atom stereocenters. The highest BCUT2D eigenvalue weighted by atomic mass is 16.5. The van der Waals surface area contributed by atoms with E-state index >= 15 is 0 Å². The molecule has 2 N–H and O–H groups in total. The normalized spacial score (nSPS) is 20.4. The highest BCUT2D eigenvalue weighted by molar-refractivity contribution is 5.85. The first-order valence-corrected chi connectivity index (χ1v) is 5.36. The number of nitrogens with two attached hydrogens (primary N) is 1. The Bertz CT molecular complexity index is 219. The van der Waals surface area contributed by atoms with Crippen LogP contribution in [0.1, 0.15) is 26.2 Å². The van der Waals surface area contributed by atoms with Crippen LogP contribution in [0.25, 0.3) is 0 Å². The van der Waals surface area contributed by atoms with Gasteiger partial charge in [-0.05, 0) is 19.8 Å². The topological polar surface area (TPSA) is 72.6 Å². The van der Waals surface area contributed by atoms with E-state index in [1.807, 2.05) is 0 Å². The van der Waals surface area contributed by atoms with Crippen molar-refractivity contribution in [3.05, 3.63) is 0 Å². The number of hydrogen-bond donors (Lipinski definition) is 1. The summed E-state index contributed by atoms with van der Waals surface area (Å²) in [6, 6.07) is -0.385. The number of carbonyl (C=O) groups excluding carboxylic acids is 2. The minimum atomic E-state index is -0.385. The molecule has 1 saturated heterocycles. The van der Waals surface area contributed by atoms with Gasteiger partial charge in [0, 0.05) is 19.5 Å². The van der Waals surface area contributed by atoms with Gasteiger partial charge in [-0.15, -0.1) is 0 Å². The monoisotopic (exact) mass is 214 g/mol. The highest BCUT2D eigenvalue weighted by Crippen LogP contribution is 2.19. The van der Waals surface area contributed by atoms with Crippen LogP contribution >= 0.6 is 0 Å². The molecule has 0 aromatic heterocycles. The summed E-state index contributed by atoms with van der Waals surface area (Å²) in [5.41, 5.74) is 5.31. The van der Waals surface area contributed by atoms with E-state index in [9.17, 15) is 9.59 Å². The van der Waals surface area contributed by atoms with Crippen molar-refractivity contribution in [1.82, 2.24) is 4.90 Å². The fourth-order valence-corrected chi connectivity index (χ4v) is 1.82. The Labute approximate surface area is 89.6 Å². The lowest BCUT2D eigenvalue weighted by Crippen LogP contribution is -2.42. The number of hydrogen-bond acceptors (Lipinski definition) is 4. The Morgan fingerprint density at radius 1 is 1.53 bits per heavy atom. The molecule has 0 spiro atoms. The number of carbonyl (C=O) groups is 2. The quantitative estimate of drug-likeness (QED) is 0.663. The summed E-state index contributed by atoms with van der Waals surface area (Å²) in [5, 5.41) is 0. The van der Waals surface area contributed by atoms with Crippen LogP contribution in [-0.4, -0.2) is 42.5 Å². The zero-order valence-electron chi connectivity index (χ0n) is 9.07. The summed E-state index contributed by atoms with van der Waals surface area (Å²) in [4.78, 5) is 24.7. The fraction of sp³-hybridized carbons (Fsp3) is 0.800. The molecular formula is C10H18N2O3. The molecule has 15 heavy (non-hydrogen) atoms. The van der Waals surface area contributed by atoms with Crippen molar-refractivity contribution in [3.63, 3.8) is 0 Å². The standard InChI is InChI=1S/C10H18N2O3/c1-2-15-10(14)8-4-3-7-12(8)9(13)5-6-11/h8H,2-7,11H2,1H3/t8-/m0/s1. The average molecular weight is 214 g/mol. The summed E-state index contributed by atoms with van der Waals surface area (Å²) >= 11 is 0. The van der Waals surface area contributed by atoms with Gasteiger partial charge in [0.1, 0.15) is 6.04 Å². The third kappa shape index (κ3) is 2.92. The van der Waals surface area contributed by atoms with Gasteiger partial charge in [-0.2, -0.15) is 0 Å². The van der Waals surface area contributed by atoms with Crippen LogP contribution in [0.2, 0.25) is 0 Å². The van der Waals surface area contributed by atoms with Crippen molar-refractivity contribution < 1.29 is 14.3 Å². The molecule has 0 saturated carbocycles. The Hall–Kier alpha value is -1.10. The van der Waals surface area contributed by atoms with Crippen molar-refractivity contribution in [3.8, 4) is 0 Å². The highest BCUT2D eigenvalue weighted by Gasteiger charge is 2.34. The lowest BCUT2D eigenvalue weighted by atomic mass is 10.2. The van der Waals surface area contributed by atoms with Crippen molar-refractivity contribution in [2.45, 2.75) is 32.2 Å². The number of ether oxygens (including phenoxy) is 1. The van der Waals surface area contributed by atoms with Crippen LogP contribution in [-0.2, 0) is 14.3 Å². The average Bonchev–Trinajstić information content (AvgIpc) is 2.66. The van der Waals surface area contributed by atoms with Crippen LogP contribution in [0, 0.1) is 0 Å². The number of likely N-dealkylation sites (tertiary alicyclic amines) is 1. The van der Waals surface area contributed by atoms with Gasteiger partial charge in [-0.3, -0.25) is 4.79 Å². The molecular weight excluding hydrogens is 196 g/mol. The van der Waals surface area contributed by atoms with Gasteiger partial charge in [0.05, 0.1) is 6.61 Å². The molecule has 5 heteroatoms. The zero-order chi connectivity index (χ0) is 11.3. The Kier molecular flexibility index (Phi) is 4.55. The molecule has 0 bridgehead atoms. The molecule has 1 rings (SSSR count). The second kappa shape index (κ2) is 5.70. The smallest absolute Gasteiger partial charge is 0.328 e. The van der Waals surface area contributed by atoms with E-state index in [1.165, 1.54) is 0 Å². The van der Waals surface area contributed by atoms with E-state index in [4.69, 9.17) is 10.5 Å². The molecule has 1 atom stereocenters. The van der Waals surface area contributed by atoms with Gasteiger partial charge in [0.15, 0.2) is 0 Å². The molecule has 5 nitrogen and oxygen atoms in total. The second-order valence-corrected chi connectivity index (χ2v) is 3.54. The van der Waals surface area contributed by atoms with Crippen LogP contribution in [0.4, 0.5) is 0 Å². The second-order valence-electron chi connectivity index (χ2n) is 3.54. The van der Waals surface area contributed by atoms with Gasteiger partial charge in [0.25, 0.3) is 0 Å². The predicted octanol–water partition coefficient (Wildman–Crippen LogP) is -0.111. The minimum Gasteiger partial charge on any atom is -0.464 e. The van der Waals surface area contributed by atoms with Crippen LogP contribution < -0.4 is 5.73 Å². The number of amides is 1. The van der Waals surface area contributed by atoms with Gasteiger partial charge in [-0.25, -0.2) is 4.79 Å². The molecule has 0 aromatic rings. The van der Waals surface area contributed by atoms with E-state index in [0.29, 0.717) is 32.5 Å². The third-order valence-electron chi connectivity index (χ3n) is 2.49. The van der Waals surface area contributed by atoms with E-state index in [2.05, 4.69) is 0 Å². The first-order chi connectivity index (χ1) is 7.20. The minimum absolute atomic E-state index is 0.0481. The molecule has 1 aliphatic rings.